The van der Waals surface area contributed by atoms with Crippen LogP contribution in [0.2, 0.25) is 0 Å². The minimum Gasteiger partial charge on any atom is -0.370 e. The van der Waals surface area contributed by atoms with Crippen molar-refractivity contribution < 1.29 is 8.42 Å². The van der Waals surface area contributed by atoms with Crippen LogP contribution in [0.1, 0.15) is 20.3 Å². The summed E-state index contributed by atoms with van der Waals surface area (Å²) < 4.78 is 23.4. The van der Waals surface area contributed by atoms with E-state index in [-0.39, 0.29) is 5.75 Å². The van der Waals surface area contributed by atoms with Gasteiger partial charge in [0.1, 0.15) is 0 Å². The summed E-state index contributed by atoms with van der Waals surface area (Å²) in [5.74, 6) is 0.696. The smallest absolute Gasteiger partial charge is 0.178 e. The van der Waals surface area contributed by atoms with E-state index < -0.39 is 9.84 Å². The van der Waals surface area contributed by atoms with E-state index in [9.17, 15) is 8.42 Å². The summed E-state index contributed by atoms with van der Waals surface area (Å²) in [5.41, 5.74) is 1.02. The molecule has 0 radical (unpaired) electrons. The lowest BCUT2D eigenvalue weighted by atomic mass is 10.2. The summed E-state index contributed by atoms with van der Waals surface area (Å²) in [6.07, 6.45) is 1.03. The van der Waals surface area contributed by atoms with E-state index in [4.69, 9.17) is 11.6 Å². The Bertz CT molecular complexity index is 450. The molecule has 0 spiro atoms. The average Bonchev–Trinajstić information content (AvgIpc) is 2.39. The van der Waals surface area contributed by atoms with Crippen molar-refractivity contribution in [2.45, 2.75) is 25.2 Å². The number of nitrogens with zero attached hydrogens (tertiary/aromatic N) is 1. The predicted octanol–water partition coefficient (Wildman–Crippen LogP) is 2.94. The molecular formula is C13H20ClNO2S. The molecule has 0 amide bonds. The lowest BCUT2D eigenvalue weighted by Crippen LogP contribution is -2.26. The van der Waals surface area contributed by atoms with E-state index in [0.29, 0.717) is 10.8 Å². The van der Waals surface area contributed by atoms with Crippen molar-refractivity contribution in [3.63, 3.8) is 0 Å². The van der Waals surface area contributed by atoms with Crippen LogP contribution < -0.4 is 4.90 Å². The molecule has 5 heteroatoms. The van der Waals surface area contributed by atoms with E-state index in [0.717, 1.165) is 25.2 Å². The maximum Gasteiger partial charge on any atom is 0.178 e. The Balaban J connectivity index is 2.93. The third-order valence-electron chi connectivity index (χ3n) is 2.79. The number of rotatable bonds is 7. The van der Waals surface area contributed by atoms with Crippen molar-refractivity contribution in [1.82, 2.24) is 0 Å². The molecule has 0 N–H and O–H groups in total. The minimum atomic E-state index is -3.11. The molecule has 1 rings (SSSR count). The van der Waals surface area contributed by atoms with Crippen LogP contribution in [0.5, 0.6) is 0 Å². The van der Waals surface area contributed by atoms with Crippen molar-refractivity contribution in [1.29, 1.82) is 0 Å². The number of hydrogen-bond acceptors (Lipinski definition) is 3. The second-order valence-corrected chi connectivity index (χ2v) is 6.73. The van der Waals surface area contributed by atoms with Crippen LogP contribution in [0, 0.1) is 0 Å². The van der Waals surface area contributed by atoms with Gasteiger partial charge in [-0.3, -0.25) is 0 Å². The molecule has 0 saturated carbocycles. The zero-order valence-corrected chi connectivity index (χ0v) is 12.5. The van der Waals surface area contributed by atoms with Gasteiger partial charge >= 0.3 is 0 Å². The summed E-state index contributed by atoms with van der Waals surface area (Å²) >= 11 is 5.77. The van der Waals surface area contributed by atoms with Gasteiger partial charge in [0.2, 0.25) is 0 Å². The molecule has 0 aromatic heterocycles. The highest BCUT2D eigenvalue weighted by atomic mass is 35.5. The number of sulfone groups is 1. The molecule has 0 saturated heterocycles. The lowest BCUT2D eigenvalue weighted by Gasteiger charge is -2.23. The molecule has 0 aliphatic rings. The SMILES string of the molecule is CCCN(CCCl)c1ccc(S(=O)(=O)CC)cc1. The van der Waals surface area contributed by atoms with Crippen molar-refractivity contribution in [3.8, 4) is 0 Å². The third kappa shape index (κ3) is 3.89. The highest BCUT2D eigenvalue weighted by Gasteiger charge is 2.12. The summed E-state index contributed by atoms with van der Waals surface area (Å²) in [4.78, 5) is 2.55. The van der Waals surface area contributed by atoms with Gasteiger partial charge in [-0.25, -0.2) is 8.42 Å². The molecule has 0 aliphatic heterocycles. The number of halogens is 1. The summed E-state index contributed by atoms with van der Waals surface area (Å²) in [6.45, 7) is 5.46. The van der Waals surface area contributed by atoms with Gasteiger partial charge in [0.05, 0.1) is 10.6 Å². The first-order valence-corrected chi connectivity index (χ1v) is 8.37. The van der Waals surface area contributed by atoms with Gasteiger partial charge in [-0.15, -0.1) is 11.6 Å². The van der Waals surface area contributed by atoms with Crippen LogP contribution in [0.4, 0.5) is 5.69 Å². The predicted molar refractivity (Wildman–Crippen MR) is 77.4 cm³/mol. The van der Waals surface area contributed by atoms with Crippen molar-refractivity contribution in [3.05, 3.63) is 24.3 Å². The van der Waals surface area contributed by atoms with Crippen LogP contribution >= 0.6 is 11.6 Å². The number of hydrogen-bond donors (Lipinski definition) is 0. The van der Waals surface area contributed by atoms with Gasteiger partial charge in [0.15, 0.2) is 9.84 Å². The largest absolute Gasteiger partial charge is 0.370 e. The molecule has 1 aromatic carbocycles. The van der Waals surface area contributed by atoms with E-state index in [1.807, 2.05) is 12.1 Å². The monoisotopic (exact) mass is 289 g/mol. The third-order valence-corrected chi connectivity index (χ3v) is 4.71. The fraction of sp³-hybridized carbons (Fsp3) is 0.538. The number of benzene rings is 1. The topological polar surface area (TPSA) is 37.4 Å². The fourth-order valence-electron chi connectivity index (χ4n) is 1.77. The maximum absolute atomic E-state index is 11.7. The van der Waals surface area contributed by atoms with E-state index in [1.54, 1.807) is 19.1 Å². The number of anilines is 1. The number of alkyl halides is 1. The van der Waals surface area contributed by atoms with Crippen LogP contribution in [0.3, 0.4) is 0 Å². The van der Waals surface area contributed by atoms with Crippen molar-refractivity contribution in [2.24, 2.45) is 0 Å². The van der Waals surface area contributed by atoms with Gasteiger partial charge in [0.25, 0.3) is 0 Å². The van der Waals surface area contributed by atoms with Gasteiger partial charge in [-0.1, -0.05) is 13.8 Å². The Labute approximate surface area is 115 Å². The Hall–Kier alpha value is -0.740. The van der Waals surface area contributed by atoms with Crippen LogP contribution in [-0.2, 0) is 9.84 Å². The first-order chi connectivity index (χ1) is 8.55. The highest BCUT2D eigenvalue weighted by molar-refractivity contribution is 7.91. The van der Waals surface area contributed by atoms with Crippen LogP contribution in [-0.4, -0.2) is 33.1 Å². The zero-order valence-electron chi connectivity index (χ0n) is 10.9. The second-order valence-electron chi connectivity index (χ2n) is 4.07. The van der Waals surface area contributed by atoms with Crippen molar-refractivity contribution in [2.75, 3.05) is 29.6 Å². The van der Waals surface area contributed by atoms with Gasteiger partial charge in [0, 0.05) is 24.7 Å². The van der Waals surface area contributed by atoms with Crippen LogP contribution in [0.15, 0.2) is 29.2 Å². The average molecular weight is 290 g/mol. The Morgan fingerprint density at radius 2 is 1.72 bits per heavy atom. The molecular weight excluding hydrogens is 270 g/mol. The summed E-state index contributed by atoms with van der Waals surface area (Å²) in [6, 6.07) is 7.05. The maximum atomic E-state index is 11.7. The molecule has 0 unspecified atom stereocenters. The van der Waals surface area contributed by atoms with Crippen molar-refractivity contribution >= 4 is 27.1 Å². The molecule has 0 heterocycles. The molecule has 1 aromatic rings. The van der Waals surface area contributed by atoms with Gasteiger partial charge in [-0.05, 0) is 30.7 Å². The molecule has 0 fully saturated rings. The first kappa shape index (κ1) is 15.3. The quantitative estimate of drug-likeness (QED) is 0.724. The van der Waals surface area contributed by atoms with E-state index >= 15 is 0 Å². The van der Waals surface area contributed by atoms with Crippen LogP contribution in [0.25, 0.3) is 0 Å². The normalized spacial score (nSPS) is 11.5. The first-order valence-electron chi connectivity index (χ1n) is 6.19. The highest BCUT2D eigenvalue weighted by Crippen LogP contribution is 2.19. The molecule has 0 aliphatic carbocycles. The van der Waals surface area contributed by atoms with Gasteiger partial charge < -0.3 is 4.90 Å². The molecule has 0 atom stereocenters. The molecule has 102 valence electrons. The second kappa shape index (κ2) is 7.00. The Kier molecular flexibility index (Phi) is 5.96. The standard InChI is InChI=1S/C13H20ClNO2S/c1-3-10-15(11-9-14)12-5-7-13(8-6-12)18(16,17)4-2/h5-8H,3-4,9-11H2,1-2H3. The molecule has 18 heavy (non-hydrogen) atoms. The molecule has 3 nitrogen and oxygen atoms in total. The minimum absolute atomic E-state index is 0.132. The van der Waals surface area contributed by atoms with E-state index in [2.05, 4.69) is 11.8 Å². The lowest BCUT2D eigenvalue weighted by molar-refractivity contribution is 0.597. The summed E-state index contributed by atoms with van der Waals surface area (Å²) in [7, 11) is -3.11. The summed E-state index contributed by atoms with van der Waals surface area (Å²) in [5, 5.41) is 0. The fourth-order valence-corrected chi connectivity index (χ4v) is 2.86. The van der Waals surface area contributed by atoms with Gasteiger partial charge in [-0.2, -0.15) is 0 Å². The molecule has 0 bridgehead atoms. The Morgan fingerprint density at radius 3 is 2.17 bits per heavy atom. The zero-order chi connectivity index (χ0) is 13.6. The Morgan fingerprint density at radius 1 is 1.11 bits per heavy atom. The van der Waals surface area contributed by atoms with E-state index in [1.165, 1.54) is 0 Å².